The van der Waals surface area contributed by atoms with E-state index in [1.54, 1.807) is 41.5 Å². The van der Waals surface area contributed by atoms with Gasteiger partial charge in [0.05, 0.1) is 24.6 Å². The Labute approximate surface area is 197 Å². The summed E-state index contributed by atoms with van der Waals surface area (Å²) < 4.78 is 58.3. The monoisotopic (exact) mass is 514 g/mol. The van der Waals surface area contributed by atoms with Crippen molar-refractivity contribution in [2.24, 2.45) is 0 Å². The SMILES string of the molecule is CC(C)(C)OC(=O)N1CC(NS(C)(=O)=O)C1.CN(C1CN(C(=O)OC(C)(C)C)C1)S(C)(=O)=O. The van der Waals surface area contributed by atoms with Crippen LogP contribution < -0.4 is 4.72 Å². The molecule has 0 spiro atoms. The first-order valence-corrected chi connectivity index (χ1v) is 14.2. The molecule has 2 saturated heterocycles. The van der Waals surface area contributed by atoms with E-state index in [9.17, 15) is 26.4 Å². The molecule has 0 aromatic carbocycles. The topological polar surface area (TPSA) is 143 Å². The Balaban J connectivity index is 0.000000331. The highest BCUT2D eigenvalue weighted by atomic mass is 32.2. The lowest BCUT2D eigenvalue weighted by Gasteiger charge is -2.42. The van der Waals surface area contributed by atoms with E-state index in [0.717, 1.165) is 12.5 Å². The van der Waals surface area contributed by atoms with Gasteiger partial charge in [0.15, 0.2) is 0 Å². The van der Waals surface area contributed by atoms with Crippen molar-refractivity contribution < 1.29 is 35.9 Å². The molecular weight excluding hydrogens is 476 g/mol. The summed E-state index contributed by atoms with van der Waals surface area (Å²) in [4.78, 5) is 26.0. The lowest BCUT2D eigenvalue weighted by molar-refractivity contribution is -0.00134. The van der Waals surface area contributed by atoms with Gasteiger partial charge in [0.25, 0.3) is 0 Å². The Morgan fingerprint density at radius 3 is 1.48 bits per heavy atom. The number of likely N-dealkylation sites (N-methyl/N-ethyl adjacent to an activating group) is 1. The van der Waals surface area contributed by atoms with Crippen molar-refractivity contribution in [2.75, 3.05) is 45.7 Å². The molecule has 2 aliphatic rings. The van der Waals surface area contributed by atoms with E-state index in [0.29, 0.717) is 26.2 Å². The highest BCUT2D eigenvalue weighted by molar-refractivity contribution is 7.88. The summed E-state index contributed by atoms with van der Waals surface area (Å²) in [5.74, 6) is 0. The van der Waals surface area contributed by atoms with E-state index in [1.165, 1.54) is 21.2 Å². The number of amides is 2. The fourth-order valence-electron chi connectivity index (χ4n) is 2.76. The van der Waals surface area contributed by atoms with Crippen LogP contribution in [0.3, 0.4) is 0 Å². The molecule has 2 aliphatic heterocycles. The van der Waals surface area contributed by atoms with Crippen molar-refractivity contribution in [1.82, 2.24) is 18.8 Å². The van der Waals surface area contributed by atoms with E-state index in [-0.39, 0.29) is 12.1 Å². The number of nitrogens with zero attached hydrogens (tertiary/aromatic N) is 3. The van der Waals surface area contributed by atoms with Crippen LogP contribution >= 0.6 is 0 Å². The molecule has 2 fully saturated rings. The molecule has 33 heavy (non-hydrogen) atoms. The van der Waals surface area contributed by atoms with Crippen LogP contribution in [-0.2, 0) is 29.5 Å². The average molecular weight is 515 g/mol. The van der Waals surface area contributed by atoms with Crippen molar-refractivity contribution >= 4 is 32.2 Å². The summed E-state index contributed by atoms with van der Waals surface area (Å²) in [5, 5.41) is 0. The maximum absolute atomic E-state index is 11.6. The van der Waals surface area contributed by atoms with Crippen LogP contribution in [0.2, 0.25) is 0 Å². The lowest BCUT2D eigenvalue weighted by atomic mass is 10.1. The summed E-state index contributed by atoms with van der Waals surface area (Å²) in [6, 6.07) is -0.333. The maximum Gasteiger partial charge on any atom is 0.410 e. The predicted molar refractivity (Wildman–Crippen MR) is 124 cm³/mol. The van der Waals surface area contributed by atoms with E-state index in [2.05, 4.69) is 4.72 Å². The Morgan fingerprint density at radius 1 is 0.818 bits per heavy atom. The molecule has 0 aromatic heterocycles. The molecule has 0 aromatic rings. The fourth-order valence-corrected chi connectivity index (χ4v) is 4.19. The van der Waals surface area contributed by atoms with Crippen molar-refractivity contribution in [1.29, 1.82) is 0 Å². The second-order valence-corrected chi connectivity index (χ2v) is 14.1. The van der Waals surface area contributed by atoms with E-state index in [1.807, 2.05) is 0 Å². The van der Waals surface area contributed by atoms with E-state index < -0.39 is 43.4 Å². The highest BCUT2D eigenvalue weighted by Crippen LogP contribution is 2.19. The van der Waals surface area contributed by atoms with Gasteiger partial charge in [0.1, 0.15) is 11.2 Å². The van der Waals surface area contributed by atoms with Crippen molar-refractivity contribution in [3.05, 3.63) is 0 Å². The molecule has 0 saturated carbocycles. The number of likely N-dealkylation sites (tertiary alicyclic amines) is 2. The van der Waals surface area contributed by atoms with Crippen LogP contribution in [0.15, 0.2) is 0 Å². The van der Waals surface area contributed by atoms with Gasteiger partial charge in [-0.15, -0.1) is 0 Å². The van der Waals surface area contributed by atoms with Crippen LogP contribution in [0.5, 0.6) is 0 Å². The van der Waals surface area contributed by atoms with Gasteiger partial charge in [-0.05, 0) is 41.5 Å². The quantitative estimate of drug-likeness (QED) is 0.576. The van der Waals surface area contributed by atoms with Gasteiger partial charge in [0.2, 0.25) is 20.0 Å². The third-order valence-electron chi connectivity index (χ3n) is 4.47. The molecular formula is C19H38N4O8S2. The molecule has 2 rings (SSSR count). The number of rotatable bonds is 4. The van der Waals surface area contributed by atoms with Crippen LogP contribution in [0.25, 0.3) is 0 Å². The smallest absolute Gasteiger partial charge is 0.410 e. The molecule has 0 aliphatic carbocycles. The van der Waals surface area contributed by atoms with Crippen LogP contribution in [0.4, 0.5) is 9.59 Å². The summed E-state index contributed by atoms with van der Waals surface area (Å²) in [5.41, 5.74) is -1.04. The molecule has 12 nitrogen and oxygen atoms in total. The first-order chi connectivity index (χ1) is 14.6. The average Bonchev–Trinajstić information content (AvgIpc) is 2.43. The van der Waals surface area contributed by atoms with Gasteiger partial charge in [-0.25, -0.2) is 31.1 Å². The van der Waals surface area contributed by atoms with Crippen molar-refractivity contribution in [2.45, 2.75) is 64.8 Å². The van der Waals surface area contributed by atoms with Crippen molar-refractivity contribution in [3.63, 3.8) is 0 Å². The van der Waals surface area contributed by atoms with Gasteiger partial charge in [-0.2, -0.15) is 4.31 Å². The zero-order chi connectivity index (χ0) is 26.0. The molecule has 2 heterocycles. The van der Waals surface area contributed by atoms with Gasteiger partial charge in [-0.1, -0.05) is 0 Å². The second-order valence-electron chi connectivity index (χ2n) is 10.3. The van der Waals surface area contributed by atoms with E-state index >= 15 is 0 Å². The summed E-state index contributed by atoms with van der Waals surface area (Å²) >= 11 is 0. The van der Waals surface area contributed by atoms with Crippen LogP contribution in [0, 0.1) is 0 Å². The molecule has 194 valence electrons. The van der Waals surface area contributed by atoms with Crippen LogP contribution in [0.1, 0.15) is 41.5 Å². The fraction of sp³-hybridized carbons (Fsp3) is 0.895. The van der Waals surface area contributed by atoms with Gasteiger partial charge in [0, 0.05) is 33.2 Å². The minimum atomic E-state index is -3.20. The Bertz CT molecular complexity index is 910. The zero-order valence-corrected chi connectivity index (χ0v) is 22.5. The van der Waals surface area contributed by atoms with E-state index in [4.69, 9.17) is 9.47 Å². The second kappa shape index (κ2) is 10.3. The number of sulfonamides is 2. The largest absolute Gasteiger partial charge is 0.444 e. The molecule has 0 unspecified atom stereocenters. The number of hydrogen-bond acceptors (Lipinski definition) is 8. The Hall–Kier alpha value is -1.64. The molecule has 0 bridgehead atoms. The molecule has 1 N–H and O–H groups in total. The standard InChI is InChI=1S/C10H20N2O4S.C9H18N2O4S/c1-10(2,3)16-9(13)12-6-8(7-12)11(4)17(5,14)15;1-9(2,3)15-8(12)11-5-7(6-11)10-16(4,13)14/h8H,6-7H2,1-5H3;7,10H,5-6H2,1-4H3. The highest BCUT2D eigenvalue weighted by Gasteiger charge is 2.38. The third-order valence-corrected chi connectivity index (χ3v) is 6.57. The predicted octanol–water partition coefficient (Wildman–Crippen LogP) is 0.652. The lowest BCUT2D eigenvalue weighted by Crippen LogP contribution is -2.61. The zero-order valence-electron chi connectivity index (χ0n) is 20.9. The molecule has 2 amide bonds. The number of carbonyl (C=O) groups excluding carboxylic acids is 2. The van der Waals surface area contributed by atoms with Gasteiger partial charge >= 0.3 is 12.2 Å². The molecule has 14 heteroatoms. The van der Waals surface area contributed by atoms with Gasteiger partial charge in [-0.3, -0.25) is 0 Å². The number of hydrogen-bond donors (Lipinski definition) is 1. The normalized spacial score (nSPS) is 18.1. The Morgan fingerprint density at radius 2 is 1.18 bits per heavy atom. The summed E-state index contributed by atoms with van der Waals surface area (Å²) in [6.07, 6.45) is 1.46. The Kier molecular flexibility index (Phi) is 9.19. The first-order valence-electron chi connectivity index (χ1n) is 10.4. The number of ether oxygens (including phenoxy) is 2. The summed E-state index contributed by atoms with van der Waals surface area (Å²) in [6.45, 7) is 12.3. The maximum atomic E-state index is 11.6. The molecule has 0 radical (unpaired) electrons. The van der Waals surface area contributed by atoms with Gasteiger partial charge < -0.3 is 19.3 Å². The minimum absolute atomic E-state index is 0.141. The summed E-state index contributed by atoms with van der Waals surface area (Å²) in [7, 11) is -4.87. The third kappa shape index (κ3) is 10.9. The number of carbonyl (C=O) groups is 2. The van der Waals surface area contributed by atoms with Crippen molar-refractivity contribution in [3.8, 4) is 0 Å². The number of nitrogens with one attached hydrogen (secondary N) is 1. The molecule has 0 atom stereocenters. The first kappa shape index (κ1) is 29.4. The minimum Gasteiger partial charge on any atom is -0.444 e. The van der Waals surface area contributed by atoms with Crippen LogP contribution in [-0.4, -0.2) is 112 Å².